The molecule has 2 aliphatic carbocycles. The summed E-state index contributed by atoms with van der Waals surface area (Å²) in [5.41, 5.74) is 2.77. The number of carbonyl (C=O) groups excluding carboxylic acids is 1. The first kappa shape index (κ1) is 48.0. The molecule has 3 aromatic rings. The molecule has 3 aromatic carbocycles. The first-order valence-corrected chi connectivity index (χ1v) is 23.1. The van der Waals surface area contributed by atoms with Crippen molar-refractivity contribution in [1.82, 2.24) is 4.90 Å². The van der Waals surface area contributed by atoms with E-state index in [4.69, 9.17) is 28.9 Å². The van der Waals surface area contributed by atoms with Crippen molar-refractivity contribution in [1.29, 1.82) is 0 Å². The zero-order chi connectivity index (χ0) is 46.6. The lowest BCUT2D eigenvalue weighted by atomic mass is 9.55. The van der Waals surface area contributed by atoms with Crippen molar-refractivity contribution in [3.63, 3.8) is 0 Å². The Labute approximate surface area is 384 Å². The van der Waals surface area contributed by atoms with Gasteiger partial charge in [0, 0.05) is 68.4 Å². The molecule has 2 N–H and O–H groups in total. The van der Waals surface area contributed by atoms with Crippen LogP contribution in [-0.2, 0) is 19.1 Å². The molecule has 0 aromatic heterocycles. The number of oxime groups is 1. The molecule has 1 saturated carbocycles. The Morgan fingerprint density at radius 3 is 2.42 bits per heavy atom. The molecule has 66 heavy (non-hydrogen) atoms. The fourth-order valence-corrected chi connectivity index (χ4v) is 10.1. The third-order valence-corrected chi connectivity index (χ3v) is 13.0. The number of non-ortho nitro benzene ring substituents is 2. The summed E-state index contributed by atoms with van der Waals surface area (Å²) in [7, 11) is 0. The molecule has 0 radical (unpaired) electrons. The highest BCUT2D eigenvalue weighted by Crippen LogP contribution is 2.62. The van der Waals surface area contributed by atoms with Crippen molar-refractivity contribution in [3.8, 4) is 17.2 Å². The van der Waals surface area contributed by atoms with Crippen molar-refractivity contribution in [2.45, 2.75) is 102 Å². The maximum atomic E-state index is 14.8. The number of nitro groups is 2. The molecule has 16 heteroatoms. The van der Waals surface area contributed by atoms with Crippen LogP contribution in [0, 0.1) is 38.0 Å². The number of hydrogen-bond acceptors (Lipinski definition) is 13. The Balaban J connectivity index is 1.42. The summed E-state index contributed by atoms with van der Waals surface area (Å²) >= 11 is 0. The van der Waals surface area contributed by atoms with Crippen molar-refractivity contribution < 1.29 is 48.6 Å². The number of aliphatic hydroxyl groups is 2. The van der Waals surface area contributed by atoms with Gasteiger partial charge in [-0.05, 0) is 110 Å². The minimum absolute atomic E-state index is 0.0124. The van der Waals surface area contributed by atoms with Crippen molar-refractivity contribution in [2.24, 2.45) is 22.9 Å². The number of nitro benzene ring substituents is 2. The van der Waals surface area contributed by atoms with Crippen LogP contribution in [-0.4, -0.2) is 87.7 Å². The van der Waals surface area contributed by atoms with Gasteiger partial charge in [0.15, 0.2) is 0 Å². The third-order valence-electron chi connectivity index (χ3n) is 13.0. The third kappa shape index (κ3) is 10.8. The Kier molecular flexibility index (Phi) is 16.4. The topological polar surface area (TPSA) is 206 Å². The first-order valence-electron chi connectivity index (χ1n) is 23.1. The highest BCUT2D eigenvalue weighted by atomic mass is 16.8. The number of benzene rings is 3. The average Bonchev–Trinajstić information content (AvgIpc) is 3.33. The predicted octanol–water partition coefficient (Wildman–Crippen LogP) is 9.41. The fraction of sp³-hybridized carbons (Fsp3) is 0.480. The SMILES string of the molecule is C=CCO[C@@]12Oc3ccc(Oc4cccc([N+](=O)[O-])c4)cc3[C@H]3[C@H](CCCCO)[C@@H](CCCCO)C=C(C(=NOC4CCCCO4)C[C@@H]1N(CCC)C(=O)C=Cc1ccc([N+](=O)[O-])cc1)[C@H]32. The second-order valence-corrected chi connectivity index (χ2v) is 17.2. The van der Waals surface area contributed by atoms with E-state index in [2.05, 4.69) is 12.7 Å². The standard InChI is InChI=1S/C50H60N4O12/c1-3-25-52(46(57)24-19-34-17-20-36(21-18-34)53(58)59)45-33-43(51-66-47-16-7-10-29-62-47)41-30-35(12-5-8-26-55)40(15-6-9-27-56)48-42-32-39(64-38-14-11-13-37(31-38)54(60)61)22-23-44(42)65-50(45,49(41)48)63-28-4-2/h4,11,13-14,17-24,30-32,35,40,45,47-49,55-56H,2-3,5-10,12,15-16,25-29,33H2,1H3/t35-,40+,45-,47?,48+,49+,50+/m0/s1. The van der Waals surface area contributed by atoms with Crippen LogP contribution in [0.15, 0.2) is 102 Å². The van der Waals surface area contributed by atoms with E-state index in [1.807, 2.05) is 19.1 Å². The van der Waals surface area contributed by atoms with E-state index in [-0.39, 0.29) is 61.3 Å². The fourth-order valence-electron chi connectivity index (χ4n) is 10.1. The summed E-state index contributed by atoms with van der Waals surface area (Å²) in [5, 5.41) is 47.9. The van der Waals surface area contributed by atoms with E-state index in [9.17, 15) is 35.2 Å². The number of unbranched alkanes of at least 4 members (excludes halogenated alkanes) is 2. The lowest BCUT2D eigenvalue weighted by molar-refractivity contribution is -0.385. The smallest absolute Gasteiger partial charge is 0.273 e. The zero-order valence-corrected chi connectivity index (χ0v) is 37.4. The van der Waals surface area contributed by atoms with Crippen molar-refractivity contribution >= 4 is 29.1 Å². The van der Waals surface area contributed by atoms with Crippen LogP contribution in [0.1, 0.15) is 94.6 Å². The zero-order valence-electron chi connectivity index (χ0n) is 37.4. The van der Waals surface area contributed by atoms with Gasteiger partial charge in [0.2, 0.25) is 18.0 Å². The Bertz CT molecular complexity index is 2270. The molecule has 1 saturated heterocycles. The molecule has 16 nitrogen and oxygen atoms in total. The number of carbonyl (C=O) groups is 1. The lowest BCUT2D eigenvalue weighted by Crippen LogP contribution is -2.70. The van der Waals surface area contributed by atoms with Gasteiger partial charge in [-0.2, -0.15) is 0 Å². The van der Waals surface area contributed by atoms with Crippen LogP contribution < -0.4 is 9.47 Å². The van der Waals surface area contributed by atoms with Gasteiger partial charge in [-0.15, -0.1) is 6.58 Å². The summed E-state index contributed by atoms with van der Waals surface area (Å²) in [4.78, 5) is 44.9. The van der Waals surface area contributed by atoms with E-state index in [0.29, 0.717) is 67.4 Å². The number of rotatable bonds is 22. The van der Waals surface area contributed by atoms with E-state index in [1.165, 1.54) is 30.3 Å². The summed E-state index contributed by atoms with van der Waals surface area (Å²) in [6, 6.07) is 16.7. The second-order valence-electron chi connectivity index (χ2n) is 17.2. The number of allylic oxidation sites excluding steroid dienone is 1. The highest BCUT2D eigenvalue weighted by molar-refractivity contribution is 6.03. The number of ether oxygens (including phenoxy) is 4. The van der Waals surface area contributed by atoms with Gasteiger partial charge < -0.3 is 38.9 Å². The van der Waals surface area contributed by atoms with E-state index < -0.39 is 33.9 Å². The lowest BCUT2D eigenvalue weighted by Gasteiger charge is -2.60. The van der Waals surface area contributed by atoms with Gasteiger partial charge in [-0.3, -0.25) is 25.0 Å². The molecule has 1 amide bonds. The highest BCUT2D eigenvalue weighted by Gasteiger charge is 2.65. The van der Waals surface area contributed by atoms with Gasteiger partial charge in [-0.1, -0.05) is 43.1 Å². The van der Waals surface area contributed by atoms with Crippen LogP contribution >= 0.6 is 0 Å². The number of amides is 1. The van der Waals surface area contributed by atoms with E-state index >= 15 is 0 Å². The molecule has 2 aliphatic heterocycles. The monoisotopic (exact) mass is 908 g/mol. The van der Waals surface area contributed by atoms with Gasteiger partial charge >= 0.3 is 0 Å². The maximum absolute atomic E-state index is 14.8. The number of fused-ring (bicyclic) bond motifs is 2. The minimum atomic E-state index is -1.50. The van der Waals surface area contributed by atoms with Crippen LogP contribution in [0.2, 0.25) is 0 Å². The molecule has 2 fully saturated rings. The summed E-state index contributed by atoms with van der Waals surface area (Å²) in [5.74, 6) is -1.54. The van der Waals surface area contributed by atoms with Gasteiger partial charge in [0.05, 0.1) is 40.8 Å². The van der Waals surface area contributed by atoms with Crippen molar-refractivity contribution in [2.75, 3.05) is 33.0 Å². The van der Waals surface area contributed by atoms with Crippen LogP contribution in [0.5, 0.6) is 17.2 Å². The van der Waals surface area contributed by atoms with Crippen LogP contribution in [0.4, 0.5) is 11.4 Å². The molecule has 1 unspecified atom stereocenters. The molecule has 7 atom stereocenters. The Morgan fingerprint density at radius 2 is 1.73 bits per heavy atom. The molecular formula is C50H60N4O12. The number of nitrogens with zero attached hydrogens (tertiary/aromatic N) is 4. The molecule has 2 heterocycles. The minimum Gasteiger partial charge on any atom is -0.459 e. The molecular weight excluding hydrogens is 849 g/mol. The van der Waals surface area contributed by atoms with Crippen LogP contribution in [0.25, 0.3) is 6.08 Å². The number of aliphatic hydroxyl groups excluding tert-OH is 2. The molecule has 0 bridgehead atoms. The normalized spacial score (nSPS) is 25.0. The summed E-state index contributed by atoms with van der Waals surface area (Å²) in [6.45, 7) is 7.04. The second kappa shape index (κ2) is 22.5. The first-order chi connectivity index (χ1) is 32.1. The van der Waals surface area contributed by atoms with Crippen LogP contribution in [0.3, 0.4) is 0 Å². The largest absolute Gasteiger partial charge is 0.459 e. The quantitative estimate of drug-likeness (QED) is 0.0318. The average molecular weight is 909 g/mol. The number of hydrogen-bond donors (Lipinski definition) is 2. The Morgan fingerprint density at radius 1 is 0.970 bits per heavy atom. The van der Waals surface area contributed by atoms with Gasteiger partial charge in [-0.25, -0.2) is 0 Å². The van der Waals surface area contributed by atoms with Gasteiger partial charge in [0.1, 0.15) is 23.3 Å². The molecule has 7 rings (SSSR count). The molecule has 0 spiro atoms. The summed E-state index contributed by atoms with van der Waals surface area (Å²) < 4.78 is 26.7. The maximum Gasteiger partial charge on any atom is 0.273 e. The van der Waals surface area contributed by atoms with E-state index in [0.717, 1.165) is 49.7 Å². The molecule has 352 valence electrons. The van der Waals surface area contributed by atoms with E-state index in [1.54, 1.807) is 47.4 Å². The van der Waals surface area contributed by atoms with Gasteiger partial charge in [0.25, 0.3) is 11.4 Å². The molecule has 4 aliphatic rings. The Hall–Kier alpha value is -5.94. The summed E-state index contributed by atoms with van der Waals surface area (Å²) in [6.07, 6.45) is 14.0. The van der Waals surface area contributed by atoms with Crippen molar-refractivity contribution in [3.05, 3.63) is 128 Å². The predicted molar refractivity (Wildman–Crippen MR) is 247 cm³/mol.